The lowest BCUT2D eigenvalue weighted by Crippen LogP contribution is -2.12. The smallest absolute Gasteiger partial charge is 0.255 e. The first kappa shape index (κ1) is 14.3. The molecule has 0 bridgehead atoms. The number of hydrogen-bond donors (Lipinski definition) is 1. The van der Waals surface area contributed by atoms with Crippen molar-refractivity contribution in [2.24, 2.45) is 0 Å². The minimum Gasteiger partial charge on any atom is -0.322 e. The molecule has 3 rings (SSSR count). The van der Waals surface area contributed by atoms with E-state index in [9.17, 15) is 4.79 Å². The Hall–Kier alpha value is -1.61. The van der Waals surface area contributed by atoms with Crippen molar-refractivity contribution in [1.82, 2.24) is 0 Å². The first-order valence-electron chi connectivity index (χ1n) is 7.34. The van der Waals surface area contributed by atoms with E-state index in [1.54, 1.807) is 0 Å². The van der Waals surface area contributed by atoms with Gasteiger partial charge in [-0.15, -0.1) is 0 Å². The summed E-state index contributed by atoms with van der Waals surface area (Å²) in [5.41, 5.74) is 5.59. The number of hydrogen-bond acceptors (Lipinski definition) is 1. The van der Waals surface area contributed by atoms with Crippen LogP contribution in [0.5, 0.6) is 0 Å². The highest BCUT2D eigenvalue weighted by molar-refractivity contribution is 9.09. The molecule has 0 atom stereocenters. The first-order valence-corrected chi connectivity index (χ1v) is 8.46. The van der Waals surface area contributed by atoms with E-state index in [4.69, 9.17) is 0 Å². The first-order chi connectivity index (χ1) is 10.3. The summed E-state index contributed by atoms with van der Waals surface area (Å²) in [6, 6.07) is 14.1. The van der Waals surface area contributed by atoms with Gasteiger partial charge < -0.3 is 5.32 Å². The number of halogens is 1. The van der Waals surface area contributed by atoms with Crippen LogP contribution in [0.4, 0.5) is 5.69 Å². The molecule has 2 aromatic carbocycles. The fraction of sp³-hybridized carbons (Fsp3) is 0.278. The van der Waals surface area contributed by atoms with Gasteiger partial charge >= 0.3 is 0 Å². The maximum absolute atomic E-state index is 12.3. The van der Waals surface area contributed by atoms with Gasteiger partial charge in [-0.25, -0.2) is 0 Å². The average molecular weight is 344 g/mol. The second-order valence-electron chi connectivity index (χ2n) is 5.43. The Balaban J connectivity index is 1.71. The molecule has 0 radical (unpaired) electrons. The van der Waals surface area contributed by atoms with Gasteiger partial charge in [0.25, 0.3) is 5.91 Å². The lowest BCUT2D eigenvalue weighted by atomic mass is 10.1. The van der Waals surface area contributed by atoms with Gasteiger partial charge in [-0.1, -0.05) is 34.1 Å². The minimum absolute atomic E-state index is 0.0297. The number of carbonyl (C=O) groups excluding carboxylic acids is 1. The van der Waals surface area contributed by atoms with E-state index in [1.165, 1.54) is 23.1 Å². The number of fused-ring (bicyclic) bond motifs is 1. The monoisotopic (exact) mass is 343 g/mol. The summed E-state index contributed by atoms with van der Waals surface area (Å²) >= 11 is 3.43. The van der Waals surface area contributed by atoms with Crippen molar-refractivity contribution < 1.29 is 4.79 Å². The number of carbonyl (C=O) groups is 1. The standard InChI is InChI=1S/C18H18BrNO/c19-11-10-13-4-8-17(9-5-13)20-18(21)16-7-6-14-2-1-3-15(14)12-16/h4-9,12H,1-3,10-11H2,(H,20,21). The molecule has 0 fully saturated rings. The number of rotatable bonds is 4. The molecule has 3 heteroatoms. The third-order valence-electron chi connectivity index (χ3n) is 3.96. The van der Waals surface area contributed by atoms with E-state index in [0.29, 0.717) is 0 Å². The third kappa shape index (κ3) is 3.35. The summed E-state index contributed by atoms with van der Waals surface area (Å²) in [5, 5.41) is 3.92. The quantitative estimate of drug-likeness (QED) is 0.820. The zero-order valence-electron chi connectivity index (χ0n) is 11.9. The molecular weight excluding hydrogens is 326 g/mol. The molecule has 1 aliphatic carbocycles. The van der Waals surface area contributed by atoms with Gasteiger partial charge in [0.2, 0.25) is 0 Å². The molecule has 0 aromatic heterocycles. The van der Waals surface area contributed by atoms with Crippen LogP contribution in [0.1, 0.15) is 33.5 Å². The van der Waals surface area contributed by atoms with Gasteiger partial charge in [-0.05, 0) is 66.6 Å². The van der Waals surface area contributed by atoms with Crippen LogP contribution in [0.25, 0.3) is 0 Å². The van der Waals surface area contributed by atoms with Crippen molar-refractivity contribution in [2.75, 3.05) is 10.6 Å². The molecule has 0 spiro atoms. The van der Waals surface area contributed by atoms with E-state index < -0.39 is 0 Å². The maximum atomic E-state index is 12.3. The van der Waals surface area contributed by atoms with Crippen LogP contribution in [0, 0.1) is 0 Å². The van der Waals surface area contributed by atoms with Gasteiger partial charge in [-0.3, -0.25) is 4.79 Å². The van der Waals surface area contributed by atoms with Gasteiger partial charge in [0.1, 0.15) is 0 Å². The van der Waals surface area contributed by atoms with Crippen molar-refractivity contribution >= 4 is 27.5 Å². The van der Waals surface area contributed by atoms with Crippen LogP contribution in [0.15, 0.2) is 42.5 Å². The van der Waals surface area contributed by atoms with Gasteiger partial charge in [0.05, 0.1) is 0 Å². The van der Waals surface area contributed by atoms with Crippen LogP contribution >= 0.6 is 15.9 Å². The Kier molecular flexibility index (Phi) is 4.39. The van der Waals surface area contributed by atoms with E-state index in [-0.39, 0.29) is 5.91 Å². The number of amides is 1. The van der Waals surface area contributed by atoms with Crippen molar-refractivity contribution in [3.63, 3.8) is 0 Å². The molecule has 21 heavy (non-hydrogen) atoms. The molecule has 2 aromatic rings. The third-order valence-corrected chi connectivity index (χ3v) is 4.35. The second kappa shape index (κ2) is 6.44. The molecule has 1 N–H and O–H groups in total. The average Bonchev–Trinajstić information content (AvgIpc) is 2.97. The normalized spacial score (nSPS) is 13.0. The van der Waals surface area contributed by atoms with E-state index >= 15 is 0 Å². The lowest BCUT2D eigenvalue weighted by Gasteiger charge is -2.08. The number of alkyl halides is 1. The number of anilines is 1. The summed E-state index contributed by atoms with van der Waals surface area (Å²) in [5.74, 6) is -0.0297. The molecule has 0 unspecified atom stereocenters. The van der Waals surface area contributed by atoms with Crippen LogP contribution in [0.2, 0.25) is 0 Å². The Morgan fingerprint density at radius 3 is 2.57 bits per heavy atom. The van der Waals surface area contributed by atoms with Crippen molar-refractivity contribution in [2.45, 2.75) is 25.7 Å². The molecule has 2 nitrogen and oxygen atoms in total. The zero-order chi connectivity index (χ0) is 14.7. The summed E-state index contributed by atoms with van der Waals surface area (Å²) in [6.07, 6.45) is 4.44. The summed E-state index contributed by atoms with van der Waals surface area (Å²) in [6.45, 7) is 0. The number of aryl methyl sites for hydroxylation is 3. The lowest BCUT2D eigenvalue weighted by molar-refractivity contribution is 0.102. The van der Waals surface area contributed by atoms with Crippen LogP contribution < -0.4 is 5.32 Å². The molecule has 108 valence electrons. The van der Waals surface area contributed by atoms with Crippen molar-refractivity contribution in [1.29, 1.82) is 0 Å². The Labute approximate surface area is 133 Å². The molecule has 1 aliphatic rings. The predicted molar refractivity (Wildman–Crippen MR) is 90.4 cm³/mol. The maximum Gasteiger partial charge on any atom is 0.255 e. The SMILES string of the molecule is O=C(Nc1ccc(CCBr)cc1)c1ccc2c(c1)CCC2. The van der Waals surface area contributed by atoms with Crippen LogP contribution in [-0.2, 0) is 19.3 Å². The molecule has 0 saturated carbocycles. The highest BCUT2D eigenvalue weighted by Crippen LogP contribution is 2.23. The minimum atomic E-state index is -0.0297. The number of benzene rings is 2. The van der Waals surface area contributed by atoms with E-state index in [1.807, 2.05) is 24.3 Å². The Bertz CT molecular complexity index is 649. The van der Waals surface area contributed by atoms with Crippen molar-refractivity contribution in [3.8, 4) is 0 Å². The van der Waals surface area contributed by atoms with Crippen LogP contribution in [-0.4, -0.2) is 11.2 Å². The molecular formula is C18H18BrNO. The molecule has 0 aliphatic heterocycles. The fourth-order valence-electron chi connectivity index (χ4n) is 2.78. The zero-order valence-corrected chi connectivity index (χ0v) is 13.4. The molecule has 0 heterocycles. The van der Waals surface area contributed by atoms with Crippen molar-refractivity contribution in [3.05, 3.63) is 64.7 Å². The topological polar surface area (TPSA) is 29.1 Å². The fourth-order valence-corrected chi connectivity index (χ4v) is 3.24. The van der Waals surface area contributed by atoms with E-state index in [2.05, 4.69) is 39.4 Å². The summed E-state index contributed by atoms with van der Waals surface area (Å²) in [7, 11) is 0. The molecule has 1 amide bonds. The van der Waals surface area contributed by atoms with Gasteiger partial charge in [0.15, 0.2) is 0 Å². The highest BCUT2D eigenvalue weighted by Gasteiger charge is 2.13. The molecule has 0 saturated heterocycles. The van der Waals surface area contributed by atoms with Crippen LogP contribution in [0.3, 0.4) is 0 Å². The largest absolute Gasteiger partial charge is 0.322 e. The van der Waals surface area contributed by atoms with E-state index in [0.717, 1.165) is 35.8 Å². The number of nitrogens with one attached hydrogen (secondary N) is 1. The second-order valence-corrected chi connectivity index (χ2v) is 6.22. The summed E-state index contributed by atoms with van der Waals surface area (Å²) < 4.78 is 0. The van der Waals surface area contributed by atoms with Gasteiger partial charge in [0, 0.05) is 16.6 Å². The van der Waals surface area contributed by atoms with Gasteiger partial charge in [-0.2, -0.15) is 0 Å². The highest BCUT2D eigenvalue weighted by atomic mass is 79.9. The summed E-state index contributed by atoms with van der Waals surface area (Å²) in [4.78, 5) is 12.3. The Morgan fingerprint density at radius 2 is 1.81 bits per heavy atom. The predicted octanol–water partition coefficient (Wildman–Crippen LogP) is 4.37. The Morgan fingerprint density at radius 1 is 1.05 bits per heavy atom.